The Morgan fingerprint density at radius 3 is 2.84 bits per heavy atom. The van der Waals surface area contributed by atoms with E-state index in [4.69, 9.17) is 11.6 Å². The highest BCUT2D eigenvalue weighted by molar-refractivity contribution is 6.30. The quantitative estimate of drug-likeness (QED) is 0.906. The van der Waals surface area contributed by atoms with Crippen molar-refractivity contribution >= 4 is 23.4 Å². The van der Waals surface area contributed by atoms with Crippen LogP contribution in [0.4, 0.5) is 15.0 Å². The first-order chi connectivity index (χ1) is 9.15. The average Bonchev–Trinajstić information content (AvgIpc) is 2.38. The number of benzene rings is 1. The number of hydrogen-bond acceptors (Lipinski definition) is 2. The molecule has 2 aromatic rings. The maximum Gasteiger partial charge on any atom is 0.320 e. The second-order valence-corrected chi connectivity index (χ2v) is 4.19. The molecule has 1 aromatic carbocycles. The Kier molecular flexibility index (Phi) is 4.30. The minimum absolute atomic E-state index is 0.0963. The molecule has 0 spiro atoms. The molecular formula is C13H11ClFN3O. The lowest BCUT2D eigenvalue weighted by molar-refractivity contribution is 0.251. The third kappa shape index (κ3) is 3.93. The van der Waals surface area contributed by atoms with Crippen molar-refractivity contribution in [2.45, 2.75) is 6.54 Å². The summed E-state index contributed by atoms with van der Waals surface area (Å²) in [5.74, 6) is -0.0257. The summed E-state index contributed by atoms with van der Waals surface area (Å²) in [7, 11) is 0. The maximum atomic E-state index is 13.3. The number of nitrogens with zero attached hydrogens (tertiary/aromatic N) is 1. The highest BCUT2D eigenvalue weighted by Crippen LogP contribution is 2.11. The number of amides is 2. The topological polar surface area (TPSA) is 54.0 Å². The molecule has 2 rings (SSSR count). The smallest absolute Gasteiger partial charge is 0.320 e. The molecule has 1 aromatic heterocycles. The van der Waals surface area contributed by atoms with Crippen LogP contribution in [0, 0.1) is 5.82 Å². The monoisotopic (exact) mass is 279 g/mol. The van der Waals surface area contributed by atoms with E-state index in [1.807, 2.05) is 0 Å². The summed E-state index contributed by atoms with van der Waals surface area (Å²) in [6.45, 7) is 0.0963. The van der Waals surface area contributed by atoms with E-state index in [1.54, 1.807) is 24.3 Å². The summed E-state index contributed by atoms with van der Waals surface area (Å²) in [6, 6.07) is 8.89. The number of rotatable bonds is 3. The van der Waals surface area contributed by atoms with Crippen molar-refractivity contribution in [2.75, 3.05) is 5.32 Å². The molecule has 0 aliphatic rings. The Balaban J connectivity index is 1.90. The molecule has 6 heteroatoms. The second kappa shape index (κ2) is 6.15. The van der Waals surface area contributed by atoms with E-state index in [9.17, 15) is 9.18 Å². The number of hydrogen-bond donors (Lipinski definition) is 2. The predicted octanol–water partition coefficient (Wildman–Crippen LogP) is 3.20. The van der Waals surface area contributed by atoms with Gasteiger partial charge in [-0.2, -0.15) is 0 Å². The molecule has 2 amide bonds. The number of halogens is 2. The first-order valence-corrected chi connectivity index (χ1v) is 5.93. The van der Waals surface area contributed by atoms with Gasteiger partial charge in [-0.25, -0.2) is 14.2 Å². The van der Waals surface area contributed by atoms with E-state index in [-0.39, 0.29) is 12.4 Å². The normalized spacial score (nSPS) is 10.0. The average molecular weight is 280 g/mol. The summed E-state index contributed by atoms with van der Waals surface area (Å²) >= 11 is 5.76. The molecule has 1 heterocycles. The van der Waals surface area contributed by atoms with Crippen LogP contribution in [-0.4, -0.2) is 11.0 Å². The molecule has 0 aliphatic carbocycles. The van der Waals surface area contributed by atoms with E-state index < -0.39 is 6.03 Å². The summed E-state index contributed by atoms with van der Waals surface area (Å²) in [4.78, 5) is 15.5. The molecule has 2 N–H and O–H groups in total. The number of nitrogens with one attached hydrogen (secondary N) is 2. The van der Waals surface area contributed by atoms with Gasteiger partial charge in [0.15, 0.2) is 0 Å². The van der Waals surface area contributed by atoms with Crippen molar-refractivity contribution in [3.05, 3.63) is 59.0 Å². The van der Waals surface area contributed by atoms with Crippen molar-refractivity contribution < 1.29 is 9.18 Å². The number of carbonyl (C=O) groups is 1. The van der Waals surface area contributed by atoms with E-state index in [0.29, 0.717) is 16.4 Å². The van der Waals surface area contributed by atoms with E-state index in [0.717, 1.165) is 0 Å². The predicted molar refractivity (Wildman–Crippen MR) is 71.5 cm³/mol. The number of urea groups is 1. The van der Waals surface area contributed by atoms with Crippen molar-refractivity contribution in [2.24, 2.45) is 0 Å². The largest absolute Gasteiger partial charge is 0.334 e. The zero-order valence-corrected chi connectivity index (χ0v) is 10.6. The van der Waals surface area contributed by atoms with Crippen LogP contribution in [-0.2, 0) is 6.54 Å². The van der Waals surface area contributed by atoms with Crippen molar-refractivity contribution in [1.29, 1.82) is 0 Å². The third-order valence-electron chi connectivity index (χ3n) is 2.36. The molecule has 98 valence electrons. The van der Waals surface area contributed by atoms with E-state index in [1.165, 1.54) is 18.3 Å². The van der Waals surface area contributed by atoms with Gasteiger partial charge in [-0.1, -0.05) is 29.8 Å². The van der Waals surface area contributed by atoms with Crippen LogP contribution in [0.2, 0.25) is 5.02 Å². The Morgan fingerprint density at radius 1 is 1.32 bits per heavy atom. The van der Waals surface area contributed by atoms with Crippen molar-refractivity contribution in [3.63, 3.8) is 0 Å². The Labute approximate surface area is 114 Å². The first kappa shape index (κ1) is 13.3. The molecule has 0 saturated heterocycles. The molecule has 0 aliphatic heterocycles. The van der Waals surface area contributed by atoms with Gasteiger partial charge in [0.05, 0.1) is 0 Å². The summed E-state index contributed by atoms with van der Waals surface area (Å²) in [5.41, 5.74) is 0.414. The van der Waals surface area contributed by atoms with Gasteiger partial charge in [0.2, 0.25) is 0 Å². The standard InChI is InChI=1S/C13H11ClFN3O/c14-10-5-6-16-12(7-10)18-13(19)17-8-9-3-1-2-4-11(9)15/h1-7H,8H2,(H2,16,17,18,19). The fraction of sp³-hybridized carbons (Fsp3) is 0.0769. The number of anilines is 1. The van der Waals surface area contributed by atoms with Crippen LogP contribution in [0.25, 0.3) is 0 Å². The maximum absolute atomic E-state index is 13.3. The second-order valence-electron chi connectivity index (χ2n) is 3.76. The lowest BCUT2D eigenvalue weighted by Crippen LogP contribution is -2.28. The summed E-state index contributed by atoms with van der Waals surface area (Å²) in [6.07, 6.45) is 1.48. The Morgan fingerprint density at radius 2 is 2.11 bits per heavy atom. The van der Waals surface area contributed by atoms with Gasteiger partial charge < -0.3 is 5.32 Å². The SMILES string of the molecule is O=C(NCc1ccccc1F)Nc1cc(Cl)ccn1. The van der Waals surface area contributed by atoms with Crippen LogP contribution < -0.4 is 10.6 Å². The Bertz CT molecular complexity index is 592. The van der Waals surface area contributed by atoms with Crippen LogP contribution in [0.1, 0.15) is 5.56 Å². The van der Waals surface area contributed by atoms with E-state index >= 15 is 0 Å². The molecule has 4 nitrogen and oxygen atoms in total. The van der Waals surface area contributed by atoms with Gasteiger partial charge in [-0.15, -0.1) is 0 Å². The third-order valence-corrected chi connectivity index (χ3v) is 2.60. The molecule has 0 unspecified atom stereocenters. The van der Waals surface area contributed by atoms with Crippen LogP contribution in [0.15, 0.2) is 42.6 Å². The fourth-order valence-electron chi connectivity index (χ4n) is 1.45. The molecule has 0 atom stereocenters. The van der Waals surface area contributed by atoms with Crippen molar-refractivity contribution in [3.8, 4) is 0 Å². The Hall–Kier alpha value is -2.14. The molecule has 0 bridgehead atoms. The highest BCUT2D eigenvalue weighted by Gasteiger charge is 2.05. The van der Waals surface area contributed by atoms with Gasteiger partial charge in [-0.05, 0) is 18.2 Å². The van der Waals surface area contributed by atoms with Gasteiger partial charge in [-0.3, -0.25) is 5.32 Å². The van der Waals surface area contributed by atoms with Gasteiger partial charge in [0, 0.05) is 23.3 Å². The zero-order chi connectivity index (χ0) is 13.7. The zero-order valence-electron chi connectivity index (χ0n) is 9.86. The molecule has 0 radical (unpaired) electrons. The fourth-order valence-corrected chi connectivity index (χ4v) is 1.61. The van der Waals surface area contributed by atoms with Gasteiger partial charge in [0.1, 0.15) is 11.6 Å². The van der Waals surface area contributed by atoms with Crippen LogP contribution >= 0.6 is 11.6 Å². The number of carbonyl (C=O) groups excluding carboxylic acids is 1. The summed E-state index contributed by atoms with van der Waals surface area (Å²) < 4.78 is 13.3. The van der Waals surface area contributed by atoms with Crippen LogP contribution in [0.5, 0.6) is 0 Å². The first-order valence-electron chi connectivity index (χ1n) is 5.55. The minimum atomic E-state index is -0.474. The van der Waals surface area contributed by atoms with Gasteiger partial charge >= 0.3 is 6.03 Å². The molecular weight excluding hydrogens is 269 g/mol. The highest BCUT2D eigenvalue weighted by atomic mass is 35.5. The van der Waals surface area contributed by atoms with Crippen molar-refractivity contribution in [1.82, 2.24) is 10.3 Å². The molecule has 0 saturated carbocycles. The van der Waals surface area contributed by atoms with Gasteiger partial charge in [0.25, 0.3) is 0 Å². The minimum Gasteiger partial charge on any atom is -0.334 e. The number of pyridine rings is 1. The summed E-state index contributed by atoms with van der Waals surface area (Å²) in [5, 5.41) is 5.51. The lowest BCUT2D eigenvalue weighted by Gasteiger charge is -2.07. The molecule has 0 fully saturated rings. The van der Waals surface area contributed by atoms with Crippen LogP contribution in [0.3, 0.4) is 0 Å². The number of aromatic nitrogens is 1. The lowest BCUT2D eigenvalue weighted by atomic mass is 10.2. The molecule has 19 heavy (non-hydrogen) atoms. The van der Waals surface area contributed by atoms with E-state index in [2.05, 4.69) is 15.6 Å².